The largest absolute Gasteiger partial charge is 0.396 e. The first kappa shape index (κ1) is 12.1. The lowest BCUT2D eigenvalue weighted by molar-refractivity contribution is 0.248. The highest BCUT2D eigenvalue weighted by atomic mass is 32.2. The van der Waals surface area contributed by atoms with E-state index in [0.29, 0.717) is 12.3 Å². The van der Waals surface area contributed by atoms with Crippen molar-refractivity contribution >= 4 is 10.0 Å². The molecule has 5 heteroatoms. The SMILES string of the molecule is O=S(=O)(CC1CCC1)N[C@@H]1C=C[C@H](CO)C1. The Kier molecular flexibility index (Phi) is 3.66. The summed E-state index contributed by atoms with van der Waals surface area (Å²) in [7, 11) is -3.14. The Morgan fingerprint density at radius 2 is 2.06 bits per heavy atom. The molecule has 1 saturated carbocycles. The van der Waals surface area contributed by atoms with Gasteiger partial charge in [-0.3, -0.25) is 0 Å². The minimum atomic E-state index is -3.14. The van der Waals surface area contributed by atoms with Crippen LogP contribution in [-0.4, -0.2) is 31.9 Å². The van der Waals surface area contributed by atoms with Crippen molar-refractivity contribution < 1.29 is 13.5 Å². The number of aliphatic hydroxyl groups excluding tert-OH is 1. The lowest BCUT2D eigenvalue weighted by atomic mass is 9.87. The summed E-state index contributed by atoms with van der Waals surface area (Å²) in [4.78, 5) is 0. The van der Waals surface area contributed by atoms with Gasteiger partial charge in [0.05, 0.1) is 5.75 Å². The average molecular weight is 245 g/mol. The Balaban J connectivity index is 1.82. The van der Waals surface area contributed by atoms with Crippen LogP contribution < -0.4 is 4.72 Å². The van der Waals surface area contributed by atoms with E-state index in [1.165, 1.54) is 0 Å². The van der Waals surface area contributed by atoms with Gasteiger partial charge < -0.3 is 5.11 Å². The molecule has 2 rings (SSSR count). The topological polar surface area (TPSA) is 66.4 Å². The van der Waals surface area contributed by atoms with Crippen LogP contribution in [0.2, 0.25) is 0 Å². The van der Waals surface area contributed by atoms with E-state index in [1.54, 1.807) is 0 Å². The van der Waals surface area contributed by atoms with Gasteiger partial charge in [-0.05, 0) is 25.2 Å². The zero-order chi connectivity index (χ0) is 11.6. The van der Waals surface area contributed by atoms with Gasteiger partial charge in [0.25, 0.3) is 0 Å². The lowest BCUT2D eigenvalue weighted by Crippen LogP contribution is -2.37. The van der Waals surface area contributed by atoms with Gasteiger partial charge in [-0.1, -0.05) is 18.6 Å². The number of hydrogen-bond acceptors (Lipinski definition) is 3. The minimum absolute atomic E-state index is 0.0946. The van der Waals surface area contributed by atoms with Crippen molar-refractivity contribution in [3.8, 4) is 0 Å². The van der Waals surface area contributed by atoms with Crippen molar-refractivity contribution in [3.05, 3.63) is 12.2 Å². The van der Waals surface area contributed by atoms with E-state index >= 15 is 0 Å². The smallest absolute Gasteiger partial charge is 0.212 e. The summed E-state index contributed by atoms with van der Waals surface area (Å²) < 4.78 is 26.2. The van der Waals surface area contributed by atoms with Crippen LogP contribution in [0.1, 0.15) is 25.7 Å². The van der Waals surface area contributed by atoms with Crippen LogP contribution in [0, 0.1) is 11.8 Å². The molecule has 0 unspecified atom stereocenters. The molecule has 0 spiro atoms. The predicted octanol–water partition coefficient (Wildman–Crippen LogP) is 0.643. The second-order valence-corrected chi connectivity index (χ2v) is 6.66. The van der Waals surface area contributed by atoms with Crippen LogP contribution in [0.5, 0.6) is 0 Å². The van der Waals surface area contributed by atoms with E-state index in [-0.39, 0.29) is 24.3 Å². The molecule has 0 aliphatic heterocycles. The van der Waals surface area contributed by atoms with Crippen LogP contribution in [0.3, 0.4) is 0 Å². The normalized spacial score (nSPS) is 30.6. The number of rotatable bonds is 5. The van der Waals surface area contributed by atoms with Crippen LogP contribution in [0.15, 0.2) is 12.2 Å². The summed E-state index contributed by atoms with van der Waals surface area (Å²) in [5.41, 5.74) is 0. The van der Waals surface area contributed by atoms with Crippen LogP contribution in [-0.2, 0) is 10.0 Å². The molecule has 0 aromatic carbocycles. The van der Waals surface area contributed by atoms with Gasteiger partial charge in [-0.15, -0.1) is 0 Å². The van der Waals surface area contributed by atoms with E-state index in [2.05, 4.69) is 4.72 Å². The molecule has 0 radical (unpaired) electrons. The van der Waals surface area contributed by atoms with Crippen LogP contribution in [0.4, 0.5) is 0 Å². The van der Waals surface area contributed by atoms with Crippen molar-refractivity contribution in [2.45, 2.75) is 31.7 Å². The summed E-state index contributed by atoms with van der Waals surface area (Å²) in [5.74, 6) is 0.731. The van der Waals surface area contributed by atoms with E-state index in [4.69, 9.17) is 5.11 Å². The Hall–Kier alpha value is -0.390. The quantitative estimate of drug-likeness (QED) is 0.699. The van der Waals surface area contributed by atoms with Gasteiger partial charge in [0.15, 0.2) is 0 Å². The summed E-state index contributed by atoms with van der Waals surface area (Å²) in [6, 6.07) is -0.123. The van der Waals surface area contributed by atoms with Gasteiger partial charge >= 0.3 is 0 Å². The molecule has 92 valence electrons. The first-order chi connectivity index (χ1) is 7.59. The number of sulfonamides is 1. The second-order valence-electron chi connectivity index (χ2n) is 4.87. The highest BCUT2D eigenvalue weighted by Gasteiger charge is 2.27. The third-order valence-corrected chi connectivity index (χ3v) is 4.99. The molecule has 2 aliphatic rings. The molecule has 2 aliphatic carbocycles. The van der Waals surface area contributed by atoms with E-state index in [0.717, 1.165) is 19.3 Å². The highest BCUT2D eigenvalue weighted by Crippen LogP contribution is 2.27. The van der Waals surface area contributed by atoms with Gasteiger partial charge in [-0.2, -0.15) is 0 Å². The van der Waals surface area contributed by atoms with Gasteiger partial charge in [0.1, 0.15) is 0 Å². The van der Waals surface area contributed by atoms with Crippen molar-refractivity contribution in [1.82, 2.24) is 4.72 Å². The average Bonchev–Trinajstić information content (AvgIpc) is 2.59. The molecule has 0 saturated heterocycles. The fraction of sp³-hybridized carbons (Fsp3) is 0.818. The van der Waals surface area contributed by atoms with E-state index in [9.17, 15) is 8.42 Å². The molecule has 0 amide bonds. The van der Waals surface area contributed by atoms with Crippen LogP contribution >= 0.6 is 0 Å². The van der Waals surface area contributed by atoms with Crippen LogP contribution in [0.25, 0.3) is 0 Å². The fourth-order valence-corrected chi connectivity index (χ4v) is 3.93. The molecule has 0 aromatic heterocycles. The van der Waals surface area contributed by atoms with Gasteiger partial charge in [-0.25, -0.2) is 13.1 Å². The molecule has 0 bridgehead atoms. The predicted molar refractivity (Wildman–Crippen MR) is 62.4 cm³/mol. The lowest BCUT2D eigenvalue weighted by Gasteiger charge is -2.25. The van der Waals surface area contributed by atoms with Crippen molar-refractivity contribution in [2.75, 3.05) is 12.4 Å². The van der Waals surface area contributed by atoms with E-state index < -0.39 is 10.0 Å². The Morgan fingerprint density at radius 1 is 1.31 bits per heavy atom. The molecule has 0 aromatic rings. The molecule has 0 heterocycles. The zero-order valence-corrected chi connectivity index (χ0v) is 10.1. The van der Waals surface area contributed by atoms with Crippen molar-refractivity contribution in [1.29, 1.82) is 0 Å². The zero-order valence-electron chi connectivity index (χ0n) is 9.30. The highest BCUT2D eigenvalue weighted by molar-refractivity contribution is 7.89. The maximum absolute atomic E-state index is 11.8. The maximum Gasteiger partial charge on any atom is 0.212 e. The van der Waals surface area contributed by atoms with E-state index in [1.807, 2.05) is 12.2 Å². The molecule has 1 fully saturated rings. The fourth-order valence-electron chi connectivity index (χ4n) is 2.25. The van der Waals surface area contributed by atoms with Gasteiger partial charge in [0, 0.05) is 18.6 Å². The molecule has 16 heavy (non-hydrogen) atoms. The number of aliphatic hydroxyl groups is 1. The first-order valence-electron chi connectivity index (χ1n) is 5.88. The monoisotopic (exact) mass is 245 g/mol. The van der Waals surface area contributed by atoms with Gasteiger partial charge in [0.2, 0.25) is 10.0 Å². The summed E-state index contributed by atoms with van der Waals surface area (Å²) in [5, 5.41) is 8.95. The summed E-state index contributed by atoms with van der Waals surface area (Å²) >= 11 is 0. The molecule has 2 N–H and O–H groups in total. The number of nitrogens with one attached hydrogen (secondary N) is 1. The third-order valence-electron chi connectivity index (χ3n) is 3.42. The third kappa shape index (κ3) is 3.06. The Morgan fingerprint density at radius 3 is 2.56 bits per heavy atom. The maximum atomic E-state index is 11.8. The molecule has 2 atom stereocenters. The minimum Gasteiger partial charge on any atom is -0.396 e. The summed E-state index contributed by atoms with van der Waals surface area (Å²) in [6.45, 7) is 0.0946. The first-order valence-corrected chi connectivity index (χ1v) is 7.53. The molecular weight excluding hydrogens is 226 g/mol. The van der Waals surface area contributed by atoms with Crippen molar-refractivity contribution in [3.63, 3.8) is 0 Å². The molecule has 4 nitrogen and oxygen atoms in total. The summed E-state index contributed by atoms with van der Waals surface area (Å²) in [6.07, 6.45) is 7.66. The Labute approximate surface area is 96.8 Å². The second kappa shape index (κ2) is 4.85. The molecular formula is C11H19NO3S. The standard InChI is InChI=1S/C11H19NO3S/c13-7-10-4-5-11(6-10)12-16(14,15)8-9-2-1-3-9/h4-5,9-13H,1-3,6-8H2/t10-,11+/m0/s1. The van der Waals surface area contributed by atoms with Crippen molar-refractivity contribution in [2.24, 2.45) is 11.8 Å². The number of hydrogen-bond donors (Lipinski definition) is 2. The Bertz CT molecular complexity index is 359.